The van der Waals surface area contributed by atoms with E-state index in [2.05, 4.69) is 10.3 Å². The van der Waals surface area contributed by atoms with Crippen molar-refractivity contribution < 1.29 is 9.18 Å². The maximum atomic E-state index is 13.1. The van der Waals surface area contributed by atoms with Gasteiger partial charge in [-0.15, -0.1) is 11.3 Å². The van der Waals surface area contributed by atoms with Crippen molar-refractivity contribution in [2.24, 2.45) is 0 Å². The van der Waals surface area contributed by atoms with Crippen LogP contribution in [0.2, 0.25) is 0 Å². The number of hydrogen-bond donors (Lipinski definition) is 1. The number of halogens is 1. The van der Waals surface area contributed by atoms with Crippen LogP contribution in [0.4, 0.5) is 4.39 Å². The summed E-state index contributed by atoms with van der Waals surface area (Å²) in [5.74, 6) is -0.489. The van der Waals surface area contributed by atoms with E-state index in [1.54, 1.807) is 24.4 Å². The maximum absolute atomic E-state index is 13.1. The van der Waals surface area contributed by atoms with Gasteiger partial charge < -0.3 is 5.32 Å². The average Bonchev–Trinajstić information content (AvgIpc) is 3.14. The number of nitrogens with one attached hydrogen (secondary N) is 1. The first-order chi connectivity index (χ1) is 11.7. The zero-order valence-corrected chi connectivity index (χ0v) is 13.6. The molecule has 24 heavy (non-hydrogen) atoms. The van der Waals surface area contributed by atoms with Crippen molar-refractivity contribution in [1.29, 1.82) is 0 Å². The van der Waals surface area contributed by atoms with Gasteiger partial charge in [-0.3, -0.25) is 9.78 Å². The lowest BCUT2D eigenvalue weighted by atomic mass is 10.1. The van der Waals surface area contributed by atoms with Gasteiger partial charge in [0.1, 0.15) is 5.82 Å². The molecule has 1 N–H and O–H groups in total. The topological polar surface area (TPSA) is 42.0 Å². The highest BCUT2D eigenvalue weighted by Crippen LogP contribution is 2.23. The predicted octanol–water partition coefficient (Wildman–Crippen LogP) is 4.14. The number of thiophene rings is 1. The largest absolute Gasteiger partial charge is 0.346 e. The van der Waals surface area contributed by atoms with E-state index in [0.717, 1.165) is 16.1 Å². The second-order valence-corrected chi connectivity index (χ2v) is 6.04. The molecule has 3 aromatic rings. The molecule has 0 spiro atoms. The SMILES string of the molecule is O=C(NCc1ccccn1)/C(=C/c1ccc(F)cc1)c1cccs1. The molecule has 3 rings (SSSR count). The third-order valence-electron chi connectivity index (χ3n) is 3.37. The molecule has 0 aliphatic rings. The molecule has 0 radical (unpaired) electrons. The van der Waals surface area contributed by atoms with Crippen molar-refractivity contribution in [3.05, 3.63) is 88.1 Å². The van der Waals surface area contributed by atoms with Crippen molar-refractivity contribution in [2.45, 2.75) is 6.54 Å². The molecular weight excluding hydrogens is 323 g/mol. The normalized spacial score (nSPS) is 11.3. The Balaban J connectivity index is 1.82. The number of carbonyl (C=O) groups is 1. The molecule has 3 nitrogen and oxygen atoms in total. The Hall–Kier alpha value is -2.79. The Labute approximate surface area is 143 Å². The van der Waals surface area contributed by atoms with E-state index >= 15 is 0 Å². The lowest BCUT2D eigenvalue weighted by Gasteiger charge is -2.08. The van der Waals surface area contributed by atoms with Crippen LogP contribution in [0.5, 0.6) is 0 Å². The summed E-state index contributed by atoms with van der Waals surface area (Å²) in [5, 5.41) is 4.80. The van der Waals surface area contributed by atoms with E-state index in [4.69, 9.17) is 0 Å². The van der Waals surface area contributed by atoms with E-state index in [1.807, 2.05) is 35.7 Å². The Morgan fingerprint density at radius 1 is 1.12 bits per heavy atom. The zero-order valence-electron chi connectivity index (χ0n) is 12.8. The number of amides is 1. The molecule has 5 heteroatoms. The van der Waals surface area contributed by atoms with Crippen LogP contribution in [0.1, 0.15) is 16.1 Å². The molecule has 0 bridgehead atoms. The Morgan fingerprint density at radius 3 is 2.62 bits per heavy atom. The van der Waals surface area contributed by atoms with E-state index in [0.29, 0.717) is 12.1 Å². The quantitative estimate of drug-likeness (QED) is 0.711. The monoisotopic (exact) mass is 338 g/mol. The standard InChI is InChI=1S/C19H15FN2OS/c20-15-8-6-14(7-9-15)12-17(18-5-3-11-24-18)19(23)22-13-16-4-1-2-10-21-16/h1-12H,13H2,(H,22,23)/b17-12+. The van der Waals surface area contributed by atoms with Gasteiger partial charge in [0.15, 0.2) is 0 Å². The number of hydrogen-bond acceptors (Lipinski definition) is 3. The first-order valence-electron chi connectivity index (χ1n) is 7.41. The fourth-order valence-corrected chi connectivity index (χ4v) is 2.91. The zero-order chi connectivity index (χ0) is 16.8. The maximum Gasteiger partial charge on any atom is 0.253 e. The number of aromatic nitrogens is 1. The van der Waals surface area contributed by atoms with Gasteiger partial charge in [0.2, 0.25) is 0 Å². The van der Waals surface area contributed by atoms with Crippen LogP contribution in [0, 0.1) is 5.82 Å². The van der Waals surface area contributed by atoms with Crippen molar-refractivity contribution in [1.82, 2.24) is 10.3 Å². The lowest BCUT2D eigenvalue weighted by Crippen LogP contribution is -2.24. The van der Waals surface area contributed by atoms with E-state index in [1.165, 1.54) is 23.5 Å². The van der Waals surface area contributed by atoms with E-state index in [9.17, 15) is 9.18 Å². The highest BCUT2D eigenvalue weighted by atomic mass is 32.1. The number of carbonyl (C=O) groups excluding carboxylic acids is 1. The van der Waals surface area contributed by atoms with Gasteiger partial charge in [0, 0.05) is 11.1 Å². The minimum Gasteiger partial charge on any atom is -0.346 e. The summed E-state index contributed by atoms with van der Waals surface area (Å²) >= 11 is 1.48. The molecule has 2 heterocycles. The number of nitrogens with zero attached hydrogens (tertiary/aromatic N) is 1. The molecule has 1 amide bonds. The summed E-state index contributed by atoms with van der Waals surface area (Å²) in [6, 6.07) is 15.4. The van der Waals surface area contributed by atoms with Gasteiger partial charge >= 0.3 is 0 Å². The van der Waals surface area contributed by atoms with Gasteiger partial charge in [-0.1, -0.05) is 24.3 Å². The molecule has 0 atom stereocenters. The number of pyridine rings is 1. The third kappa shape index (κ3) is 4.14. The minimum atomic E-state index is -0.301. The molecule has 0 fully saturated rings. The fraction of sp³-hybridized carbons (Fsp3) is 0.0526. The van der Waals surface area contributed by atoms with Crippen LogP contribution in [-0.4, -0.2) is 10.9 Å². The smallest absolute Gasteiger partial charge is 0.253 e. The van der Waals surface area contributed by atoms with Crippen LogP contribution in [0.15, 0.2) is 66.2 Å². The van der Waals surface area contributed by atoms with Crippen molar-refractivity contribution >= 4 is 28.9 Å². The van der Waals surface area contributed by atoms with Gasteiger partial charge in [-0.25, -0.2) is 4.39 Å². The van der Waals surface area contributed by atoms with Gasteiger partial charge in [-0.2, -0.15) is 0 Å². The first kappa shape index (κ1) is 16.1. The summed E-state index contributed by atoms with van der Waals surface area (Å²) in [7, 11) is 0. The van der Waals surface area contributed by atoms with Gasteiger partial charge in [-0.05, 0) is 47.4 Å². The number of benzene rings is 1. The third-order valence-corrected chi connectivity index (χ3v) is 4.27. The van der Waals surface area contributed by atoms with Crippen LogP contribution in [0.3, 0.4) is 0 Å². The molecule has 120 valence electrons. The van der Waals surface area contributed by atoms with Crippen molar-refractivity contribution in [3.63, 3.8) is 0 Å². The number of rotatable bonds is 5. The fourth-order valence-electron chi connectivity index (χ4n) is 2.17. The molecular formula is C19H15FN2OS. The van der Waals surface area contributed by atoms with Gasteiger partial charge in [0.25, 0.3) is 5.91 Å². The van der Waals surface area contributed by atoms with Crippen molar-refractivity contribution in [2.75, 3.05) is 0 Å². The van der Waals surface area contributed by atoms with E-state index < -0.39 is 0 Å². The van der Waals surface area contributed by atoms with Crippen LogP contribution < -0.4 is 5.32 Å². The second-order valence-electron chi connectivity index (χ2n) is 5.09. The molecule has 1 aromatic carbocycles. The molecule has 2 aromatic heterocycles. The second kappa shape index (κ2) is 7.66. The minimum absolute atomic E-state index is 0.188. The van der Waals surface area contributed by atoms with Crippen LogP contribution >= 0.6 is 11.3 Å². The highest BCUT2D eigenvalue weighted by molar-refractivity contribution is 7.11. The van der Waals surface area contributed by atoms with E-state index in [-0.39, 0.29) is 11.7 Å². The predicted molar refractivity (Wildman–Crippen MR) is 94.7 cm³/mol. The Kier molecular flexibility index (Phi) is 5.13. The molecule has 0 saturated heterocycles. The van der Waals surface area contributed by atoms with Crippen LogP contribution in [-0.2, 0) is 11.3 Å². The summed E-state index contributed by atoms with van der Waals surface area (Å²) in [5.41, 5.74) is 2.11. The molecule has 0 aliphatic carbocycles. The highest BCUT2D eigenvalue weighted by Gasteiger charge is 2.13. The summed E-state index contributed by atoms with van der Waals surface area (Å²) in [6.45, 7) is 0.353. The molecule has 0 aliphatic heterocycles. The summed E-state index contributed by atoms with van der Waals surface area (Å²) < 4.78 is 13.1. The first-order valence-corrected chi connectivity index (χ1v) is 8.29. The average molecular weight is 338 g/mol. The summed E-state index contributed by atoms with van der Waals surface area (Å²) in [6.07, 6.45) is 3.45. The Bertz CT molecular complexity index is 828. The Morgan fingerprint density at radius 2 is 1.96 bits per heavy atom. The lowest BCUT2D eigenvalue weighted by molar-refractivity contribution is -0.115. The van der Waals surface area contributed by atoms with Crippen molar-refractivity contribution in [3.8, 4) is 0 Å². The van der Waals surface area contributed by atoms with Gasteiger partial charge in [0.05, 0.1) is 17.8 Å². The van der Waals surface area contributed by atoms with Crippen LogP contribution in [0.25, 0.3) is 11.6 Å². The molecule has 0 unspecified atom stereocenters. The summed E-state index contributed by atoms with van der Waals surface area (Å²) in [4.78, 5) is 17.7. The molecule has 0 saturated carbocycles.